The van der Waals surface area contributed by atoms with Crippen LogP contribution in [0.3, 0.4) is 0 Å². The lowest BCUT2D eigenvalue weighted by Gasteiger charge is -2.36. The molecule has 4 aliphatic rings. The van der Waals surface area contributed by atoms with Crippen molar-refractivity contribution in [2.75, 3.05) is 70.9 Å². The van der Waals surface area contributed by atoms with Gasteiger partial charge in [0.05, 0.1) is 30.2 Å². The smallest absolute Gasteiger partial charge is 0.417 e. The Labute approximate surface area is 320 Å². The largest absolute Gasteiger partial charge is 0.460 e. The van der Waals surface area contributed by atoms with E-state index >= 15 is 0 Å². The van der Waals surface area contributed by atoms with Gasteiger partial charge in [-0.3, -0.25) is 4.68 Å². The molecule has 12 nitrogen and oxygen atoms in total. The van der Waals surface area contributed by atoms with Gasteiger partial charge in [0.2, 0.25) is 10.0 Å². The van der Waals surface area contributed by atoms with E-state index in [-0.39, 0.29) is 30.6 Å². The van der Waals surface area contributed by atoms with Crippen molar-refractivity contribution in [3.63, 3.8) is 0 Å². The molecular weight excluding hydrogens is 742 g/mol. The zero-order valence-corrected chi connectivity index (χ0v) is 32.5. The van der Waals surface area contributed by atoms with Crippen LogP contribution in [0.15, 0.2) is 41.6 Å². The Hall–Kier alpha value is -2.80. The minimum Gasteiger partial charge on any atom is -0.460 e. The molecule has 3 fully saturated rings. The van der Waals surface area contributed by atoms with Gasteiger partial charge in [0.15, 0.2) is 0 Å². The van der Waals surface area contributed by atoms with Gasteiger partial charge in [-0.2, -0.15) is 22.6 Å². The molecule has 1 atom stereocenters. The summed E-state index contributed by atoms with van der Waals surface area (Å²) in [5.41, 5.74) is 1.73. The number of alkyl halides is 3. The molecule has 0 amide bonds. The molecule has 6 heterocycles. The highest BCUT2D eigenvalue weighted by atomic mass is 32.2. The molecule has 17 heteroatoms. The van der Waals surface area contributed by atoms with Gasteiger partial charge in [0, 0.05) is 91.6 Å². The van der Waals surface area contributed by atoms with E-state index in [0.29, 0.717) is 54.1 Å². The Morgan fingerprint density at radius 2 is 1.67 bits per heavy atom. The van der Waals surface area contributed by atoms with Crippen molar-refractivity contribution in [3.8, 4) is 17.3 Å². The van der Waals surface area contributed by atoms with Crippen molar-refractivity contribution in [3.05, 3.63) is 53.5 Å². The lowest BCUT2D eigenvalue weighted by atomic mass is 10.0. The quantitative estimate of drug-likeness (QED) is 0.251. The molecule has 3 aromatic rings. The molecule has 0 bridgehead atoms. The minimum absolute atomic E-state index is 0.0109. The predicted molar refractivity (Wildman–Crippen MR) is 201 cm³/mol. The van der Waals surface area contributed by atoms with Crippen molar-refractivity contribution in [2.45, 2.75) is 87.4 Å². The van der Waals surface area contributed by atoms with Crippen molar-refractivity contribution < 1.29 is 31.4 Å². The second kappa shape index (κ2) is 17.1. The molecule has 4 aliphatic heterocycles. The van der Waals surface area contributed by atoms with Gasteiger partial charge in [-0.15, -0.1) is 11.8 Å². The molecular formula is C37H51F3N8O4S2. The van der Waals surface area contributed by atoms with E-state index in [1.807, 2.05) is 0 Å². The highest BCUT2D eigenvalue weighted by Crippen LogP contribution is 2.40. The fourth-order valence-electron chi connectivity index (χ4n) is 8.32. The highest BCUT2D eigenvalue weighted by Gasteiger charge is 2.36. The molecule has 2 aromatic heterocycles. The van der Waals surface area contributed by atoms with Gasteiger partial charge in [0.1, 0.15) is 6.10 Å². The Morgan fingerprint density at radius 3 is 2.35 bits per heavy atom. The highest BCUT2D eigenvalue weighted by molar-refractivity contribution is 7.99. The van der Waals surface area contributed by atoms with Gasteiger partial charge in [-0.1, -0.05) is 6.07 Å². The molecule has 3 saturated heterocycles. The van der Waals surface area contributed by atoms with E-state index in [9.17, 15) is 26.7 Å². The van der Waals surface area contributed by atoms with Crippen LogP contribution < -0.4 is 4.74 Å². The van der Waals surface area contributed by atoms with Gasteiger partial charge in [-0.05, 0) is 82.9 Å². The van der Waals surface area contributed by atoms with Crippen LogP contribution >= 0.6 is 11.8 Å². The Bertz CT molecular complexity index is 1810. The fraction of sp³-hybridized carbons (Fsp3) is 0.649. The molecule has 1 unspecified atom stereocenters. The van der Waals surface area contributed by atoms with E-state index in [1.165, 1.54) is 48.1 Å². The molecule has 0 radical (unpaired) electrons. The number of fused-ring (bicyclic) bond motifs is 1. The van der Waals surface area contributed by atoms with Crippen molar-refractivity contribution >= 4 is 21.8 Å². The average molecular weight is 793 g/mol. The number of likely N-dealkylation sites (tertiary alicyclic amines) is 3. The first-order valence-corrected chi connectivity index (χ1v) is 21.9. The fourth-order valence-corrected chi connectivity index (χ4v) is 10.2. The Balaban J connectivity index is 1.04. The molecule has 54 heavy (non-hydrogen) atoms. The number of thioether (sulfide) groups is 1. The first kappa shape index (κ1) is 39.4. The number of sulfonamides is 1. The lowest BCUT2D eigenvalue weighted by Crippen LogP contribution is -2.44. The third kappa shape index (κ3) is 9.76. The van der Waals surface area contributed by atoms with Crippen LogP contribution in [0.1, 0.15) is 55.3 Å². The third-order valence-electron chi connectivity index (χ3n) is 11.2. The number of benzene rings is 1. The van der Waals surface area contributed by atoms with E-state index < -0.39 is 27.9 Å². The maximum Gasteiger partial charge on any atom is 0.417 e. The third-order valence-corrected chi connectivity index (χ3v) is 13.5. The SMILES string of the molecule is CS(=O)(=O)N1CCc2c(c(-c3ccc(C(F)(F)F)c(SCCN4CCC(N5CCCC5)CC4)c3)nn2CC(O)CN2CCC(Oc3ncccn3)CC2)C1. The van der Waals surface area contributed by atoms with Gasteiger partial charge in [0.25, 0.3) is 0 Å². The van der Waals surface area contributed by atoms with E-state index in [4.69, 9.17) is 9.84 Å². The monoisotopic (exact) mass is 792 g/mol. The number of piperidine rings is 2. The summed E-state index contributed by atoms with van der Waals surface area (Å²) in [6.07, 6.45) is 5.76. The standard InChI is InChI=1S/C37H51F3N8O4S2/c1-54(50,51)47-20-11-33-31(26-47)35(43-48(33)25-29(49)24-45-18-9-30(10-19-45)52-36-41-12-4-13-42-36)27-5-6-32(37(38,39)40)34(23-27)53-22-21-44-16-7-28(8-17-44)46-14-2-3-15-46/h4-6,12-13,23,28-30,49H,2-3,7-11,14-22,24-26H2,1H3. The number of nitrogens with zero attached hydrogens (tertiary/aromatic N) is 8. The average Bonchev–Trinajstić information content (AvgIpc) is 3.81. The van der Waals surface area contributed by atoms with Gasteiger partial charge >= 0.3 is 12.2 Å². The summed E-state index contributed by atoms with van der Waals surface area (Å²) in [4.78, 5) is 15.5. The summed E-state index contributed by atoms with van der Waals surface area (Å²) in [7, 11) is -3.53. The normalized spacial score (nSPS) is 21.1. The molecule has 0 saturated carbocycles. The number of β-amino-alcohol motifs (C(OH)–C–C–N with tert-alkyl or cyclic N) is 1. The molecule has 296 valence electrons. The van der Waals surface area contributed by atoms with Crippen LogP contribution in [0.4, 0.5) is 13.2 Å². The van der Waals surface area contributed by atoms with Crippen LogP contribution in [0.5, 0.6) is 6.01 Å². The van der Waals surface area contributed by atoms with Gasteiger partial charge < -0.3 is 24.5 Å². The van der Waals surface area contributed by atoms with Crippen molar-refractivity contribution in [1.29, 1.82) is 0 Å². The molecule has 7 rings (SSSR count). The number of aliphatic hydroxyl groups is 1. The predicted octanol–water partition coefficient (Wildman–Crippen LogP) is 4.23. The summed E-state index contributed by atoms with van der Waals surface area (Å²) >= 11 is 1.21. The molecule has 0 spiro atoms. The summed E-state index contributed by atoms with van der Waals surface area (Å²) in [6, 6.07) is 6.82. The second-order valence-corrected chi connectivity index (χ2v) is 18.1. The number of hydrogen-bond acceptors (Lipinski definition) is 11. The number of halogens is 3. The number of rotatable bonds is 13. The zero-order valence-electron chi connectivity index (χ0n) is 30.8. The van der Waals surface area contributed by atoms with Crippen LogP contribution in [0, 0.1) is 0 Å². The first-order chi connectivity index (χ1) is 25.9. The molecule has 1 aromatic carbocycles. The summed E-state index contributed by atoms with van der Waals surface area (Å²) < 4.78 is 77.2. The van der Waals surface area contributed by atoms with E-state index in [1.54, 1.807) is 29.2 Å². The van der Waals surface area contributed by atoms with Crippen LogP contribution in [0.25, 0.3) is 11.3 Å². The lowest BCUT2D eigenvalue weighted by molar-refractivity contribution is -0.139. The topological polar surface area (TPSA) is 120 Å². The second-order valence-electron chi connectivity index (χ2n) is 15.0. The Morgan fingerprint density at radius 1 is 0.963 bits per heavy atom. The molecule has 0 aliphatic carbocycles. The van der Waals surface area contributed by atoms with E-state index in [0.717, 1.165) is 69.9 Å². The summed E-state index contributed by atoms with van der Waals surface area (Å²) in [5.74, 6) is 0.519. The summed E-state index contributed by atoms with van der Waals surface area (Å²) in [5, 5.41) is 16.1. The van der Waals surface area contributed by atoms with Gasteiger partial charge in [-0.25, -0.2) is 18.4 Å². The molecule has 1 N–H and O–H groups in total. The number of ether oxygens (including phenoxy) is 1. The van der Waals surface area contributed by atoms with Crippen molar-refractivity contribution in [2.24, 2.45) is 0 Å². The Kier molecular flexibility index (Phi) is 12.5. The zero-order chi connectivity index (χ0) is 37.9. The van der Waals surface area contributed by atoms with Crippen molar-refractivity contribution in [1.82, 2.24) is 38.8 Å². The minimum atomic E-state index is -4.53. The number of aliphatic hydroxyl groups excluding tert-OH is 1. The van der Waals surface area contributed by atoms with Crippen LogP contribution in [0.2, 0.25) is 0 Å². The maximum absolute atomic E-state index is 14.3. The van der Waals surface area contributed by atoms with Crippen LogP contribution in [-0.2, 0) is 35.7 Å². The first-order valence-electron chi connectivity index (χ1n) is 19.1. The summed E-state index contributed by atoms with van der Waals surface area (Å²) in [6.45, 7) is 7.32. The van der Waals surface area contributed by atoms with Crippen LogP contribution in [-0.4, -0.2) is 141 Å². The number of aromatic nitrogens is 4. The van der Waals surface area contributed by atoms with E-state index in [2.05, 4.69) is 24.7 Å². The number of hydrogen-bond donors (Lipinski definition) is 1. The maximum atomic E-state index is 14.3.